The molecule has 1 aromatic carbocycles. The number of hydrogen-bond donors (Lipinski definition) is 1. The molecular weight excluding hydrogens is 433 g/mol. The molecule has 3 aromatic rings. The lowest BCUT2D eigenvalue weighted by Crippen LogP contribution is -2.25. The molecule has 2 aromatic heterocycles. The highest BCUT2D eigenvalue weighted by Crippen LogP contribution is 2.44. The van der Waals surface area contributed by atoms with Crippen molar-refractivity contribution in [3.8, 4) is 0 Å². The molecule has 0 atom stereocenters. The third-order valence-electron chi connectivity index (χ3n) is 4.97. The maximum absolute atomic E-state index is 13.9. The molecule has 1 N–H and O–H groups in total. The smallest absolute Gasteiger partial charge is 0.437 e. The number of fused-ring (bicyclic) bond motifs is 1. The molecule has 0 radical (unpaired) electrons. The van der Waals surface area contributed by atoms with E-state index in [4.69, 9.17) is 16.7 Å². The van der Waals surface area contributed by atoms with E-state index in [0.717, 1.165) is 23.1 Å². The minimum absolute atomic E-state index is 0.206. The van der Waals surface area contributed by atoms with E-state index in [2.05, 4.69) is 10.1 Å². The zero-order chi connectivity index (χ0) is 21.8. The summed E-state index contributed by atoms with van der Waals surface area (Å²) < 4.78 is 69.1. The summed E-state index contributed by atoms with van der Waals surface area (Å²) in [4.78, 5) is 14.3. The van der Waals surface area contributed by atoms with Crippen molar-refractivity contribution in [3.05, 3.63) is 57.9 Å². The molecule has 0 bridgehead atoms. The van der Waals surface area contributed by atoms with Crippen molar-refractivity contribution in [2.24, 2.45) is 0 Å². The zero-order valence-electron chi connectivity index (χ0n) is 15.1. The van der Waals surface area contributed by atoms with Gasteiger partial charge in [-0.1, -0.05) is 23.7 Å². The van der Waals surface area contributed by atoms with Crippen molar-refractivity contribution in [2.75, 3.05) is 0 Å². The number of alkyl halides is 5. The van der Waals surface area contributed by atoms with Gasteiger partial charge < -0.3 is 5.11 Å². The molecule has 0 amide bonds. The van der Waals surface area contributed by atoms with E-state index >= 15 is 0 Å². The first-order valence-corrected chi connectivity index (χ1v) is 9.20. The molecule has 2 heterocycles. The second-order valence-electron chi connectivity index (χ2n) is 7.06. The molecule has 0 spiro atoms. The van der Waals surface area contributed by atoms with Gasteiger partial charge in [0.1, 0.15) is 5.52 Å². The molecule has 1 fully saturated rings. The van der Waals surface area contributed by atoms with E-state index in [1.807, 2.05) is 6.07 Å². The van der Waals surface area contributed by atoms with Crippen LogP contribution >= 0.6 is 11.6 Å². The molecule has 5 nitrogen and oxygen atoms in total. The Bertz CT molecular complexity index is 1160. The van der Waals surface area contributed by atoms with Crippen LogP contribution < -0.4 is 0 Å². The maximum atomic E-state index is 13.9. The monoisotopic (exact) mass is 445 g/mol. The lowest BCUT2D eigenvalue weighted by molar-refractivity contribution is -0.166. The van der Waals surface area contributed by atoms with Crippen molar-refractivity contribution in [1.29, 1.82) is 0 Å². The van der Waals surface area contributed by atoms with Crippen LogP contribution in [0, 0.1) is 0 Å². The Balaban J connectivity index is 1.90. The van der Waals surface area contributed by atoms with Crippen LogP contribution in [-0.2, 0) is 23.4 Å². The summed E-state index contributed by atoms with van der Waals surface area (Å²) in [6, 6.07) is 5.81. The standard InChI is InChI=1S/C19H13ClF5N3O2/c20-13-3-1-2-11(9-4-5-9)12(13)8-28-14-6-10(18(21,22)17(29)30)7-26-15(14)16(27-28)19(23,24)25/h1-3,6-7,9H,4-5,8H2,(H,29,30). The molecule has 0 aliphatic heterocycles. The molecule has 158 valence electrons. The number of carbonyl (C=O) groups is 1. The van der Waals surface area contributed by atoms with Crippen molar-refractivity contribution < 1.29 is 31.9 Å². The Morgan fingerprint density at radius 3 is 2.53 bits per heavy atom. The first-order valence-electron chi connectivity index (χ1n) is 8.83. The third kappa shape index (κ3) is 3.49. The van der Waals surface area contributed by atoms with Crippen molar-refractivity contribution in [3.63, 3.8) is 0 Å². The van der Waals surface area contributed by atoms with E-state index in [1.54, 1.807) is 12.1 Å². The number of pyridine rings is 1. The Morgan fingerprint density at radius 1 is 1.23 bits per heavy atom. The third-order valence-corrected chi connectivity index (χ3v) is 5.32. The van der Waals surface area contributed by atoms with Crippen LogP contribution in [0.3, 0.4) is 0 Å². The maximum Gasteiger partial charge on any atom is 0.437 e. The lowest BCUT2D eigenvalue weighted by atomic mass is 10.0. The van der Waals surface area contributed by atoms with Crippen LogP contribution in [-0.4, -0.2) is 25.8 Å². The highest BCUT2D eigenvalue weighted by molar-refractivity contribution is 6.31. The van der Waals surface area contributed by atoms with E-state index in [9.17, 15) is 26.7 Å². The topological polar surface area (TPSA) is 68.0 Å². The largest absolute Gasteiger partial charge is 0.477 e. The zero-order valence-corrected chi connectivity index (χ0v) is 15.8. The molecule has 30 heavy (non-hydrogen) atoms. The summed E-state index contributed by atoms with van der Waals surface area (Å²) in [6.07, 6.45) is -2.63. The average Bonchev–Trinajstić information content (AvgIpc) is 3.44. The summed E-state index contributed by atoms with van der Waals surface area (Å²) in [5.41, 5.74) is -1.99. The molecule has 0 saturated heterocycles. The number of rotatable bonds is 5. The highest BCUT2D eigenvalue weighted by Gasteiger charge is 2.43. The Morgan fingerprint density at radius 2 is 1.93 bits per heavy atom. The number of nitrogens with zero attached hydrogens (tertiary/aromatic N) is 3. The van der Waals surface area contributed by atoms with Gasteiger partial charge in [-0.05, 0) is 42.0 Å². The quantitative estimate of drug-likeness (QED) is 0.548. The van der Waals surface area contributed by atoms with Crippen LogP contribution in [0.4, 0.5) is 22.0 Å². The summed E-state index contributed by atoms with van der Waals surface area (Å²) in [5, 5.41) is 12.6. The van der Waals surface area contributed by atoms with E-state index in [0.29, 0.717) is 22.8 Å². The van der Waals surface area contributed by atoms with Crippen LogP contribution in [0.1, 0.15) is 41.1 Å². The number of benzene rings is 1. The predicted octanol–water partition coefficient (Wildman–Crippen LogP) is 5.21. The van der Waals surface area contributed by atoms with Crippen molar-refractivity contribution in [2.45, 2.75) is 37.4 Å². The molecule has 1 aliphatic carbocycles. The number of aliphatic carboxylic acids is 1. The van der Waals surface area contributed by atoms with Crippen LogP contribution in [0.2, 0.25) is 5.02 Å². The van der Waals surface area contributed by atoms with Gasteiger partial charge in [0.05, 0.1) is 17.6 Å². The number of carboxylic acids is 1. The van der Waals surface area contributed by atoms with Gasteiger partial charge in [0.25, 0.3) is 0 Å². The molecule has 4 rings (SSSR count). The average molecular weight is 446 g/mol. The lowest BCUT2D eigenvalue weighted by Gasteiger charge is -2.13. The Hall–Kier alpha value is -2.75. The summed E-state index contributed by atoms with van der Waals surface area (Å²) in [7, 11) is 0. The first-order chi connectivity index (χ1) is 14.0. The number of hydrogen-bond acceptors (Lipinski definition) is 3. The van der Waals surface area contributed by atoms with E-state index < -0.39 is 34.8 Å². The minimum Gasteiger partial charge on any atom is -0.477 e. The van der Waals surface area contributed by atoms with Crippen LogP contribution in [0.5, 0.6) is 0 Å². The molecule has 11 heteroatoms. The Kier molecular flexibility index (Phi) is 4.72. The van der Waals surface area contributed by atoms with Crippen LogP contribution in [0.15, 0.2) is 30.5 Å². The van der Waals surface area contributed by atoms with Crippen molar-refractivity contribution >= 4 is 28.6 Å². The number of aromatic nitrogens is 3. The van der Waals surface area contributed by atoms with Gasteiger partial charge in [-0.15, -0.1) is 0 Å². The number of carboxylic acid groups (broad SMARTS) is 1. The van der Waals surface area contributed by atoms with Crippen molar-refractivity contribution in [1.82, 2.24) is 14.8 Å². The normalized spacial score (nSPS) is 15.0. The van der Waals surface area contributed by atoms with Crippen LogP contribution in [0.25, 0.3) is 11.0 Å². The SMILES string of the molecule is O=C(O)C(F)(F)c1cnc2c(C(F)(F)F)nn(Cc3c(Cl)cccc3C3CC3)c2c1. The van der Waals surface area contributed by atoms with Gasteiger partial charge >= 0.3 is 18.1 Å². The highest BCUT2D eigenvalue weighted by atomic mass is 35.5. The van der Waals surface area contributed by atoms with Gasteiger partial charge in [-0.25, -0.2) is 4.79 Å². The Labute approximate surface area is 171 Å². The fraction of sp³-hybridized carbons (Fsp3) is 0.316. The van der Waals surface area contributed by atoms with Gasteiger partial charge in [0.2, 0.25) is 0 Å². The molecule has 0 unspecified atom stereocenters. The fourth-order valence-electron chi connectivity index (χ4n) is 3.33. The second-order valence-corrected chi connectivity index (χ2v) is 7.46. The summed E-state index contributed by atoms with van der Waals surface area (Å²) in [6.45, 7) is -0.206. The minimum atomic E-state index is -4.88. The first kappa shape index (κ1) is 20.5. The second kappa shape index (κ2) is 6.90. The molecule has 1 aliphatic rings. The van der Waals surface area contributed by atoms with Gasteiger partial charge in [0, 0.05) is 11.2 Å². The predicted molar refractivity (Wildman–Crippen MR) is 96.6 cm³/mol. The fourth-order valence-corrected chi connectivity index (χ4v) is 3.57. The molecular formula is C19H13ClF5N3O2. The van der Waals surface area contributed by atoms with E-state index in [1.165, 1.54) is 0 Å². The number of halogens is 6. The summed E-state index contributed by atoms with van der Waals surface area (Å²) in [5.74, 6) is -6.53. The van der Waals surface area contributed by atoms with Gasteiger partial charge in [-0.2, -0.15) is 27.1 Å². The van der Waals surface area contributed by atoms with Gasteiger partial charge in [0.15, 0.2) is 5.69 Å². The van der Waals surface area contributed by atoms with Gasteiger partial charge in [-0.3, -0.25) is 9.67 Å². The molecule has 1 saturated carbocycles. The summed E-state index contributed by atoms with van der Waals surface area (Å²) >= 11 is 6.27. The van der Waals surface area contributed by atoms with E-state index in [-0.39, 0.29) is 18.0 Å².